The van der Waals surface area contributed by atoms with Gasteiger partial charge in [0, 0.05) is 24.2 Å². The number of nitrogens with zero attached hydrogens (tertiary/aromatic N) is 2. The zero-order chi connectivity index (χ0) is 20.8. The molecule has 3 rings (SSSR count). The number of halogens is 1. The topological polar surface area (TPSA) is 101 Å². The van der Waals surface area contributed by atoms with Crippen LogP contribution in [-0.2, 0) is 9.53 Å². The summed E-state index contributed by atoms with van der Waals surface area (Å²) in [6, 6.07) is 4.80. The summed E-state index contributed by atoms with van der Waals surface area (Å²) in [5.41, 5.74) is 0.669. The van der Waals surface area contributed by atoms with Crippen LogP contribution in [0.25, 0.3) is 0 Å². The van der Waals surface area contributed by atoms with Gasteiger partial charge in [-0.25, -0.2) is 14.2 Å². The highest BCUT2D eigenvalue weighted by Gasteiger charge is 2.29. The van der Waals surface area contributed by atoms with Crippen molar-refractivity contribution in [1.82, 2.24) is 9.88 Å². The number of amides is 3. The number of piperidine rings is 1. The van der Waals surface area contributed by atoms with Crippen LogP contribution in [0, 0.1) is 11.7 Å². The Labute approximate surface area is 171 Å². The van der Waals surface area contributed by atoms with Gasteiger partial charge < -0.3 is 15.0 Å². The van der Waals surface area contributed by atoms with Gasteiger partial charge in [-0.3, -0.25) is 14.9 Å². The van der Waals surface area contributed by atoms with Crippen molar-refractivity contribution in [1.29, 1.82) is 0 Å². The second-order valence-corrected chi connectivity index (χ2v) is 7.30. The summed E-state index contributed by atoms with van der Waals surface area (Å²) in [4.78, 5) is 42.2. The maximum atomic E-state index is 12.9. The number of likely N-dealkylation sites (tertiary alicyclic amines) is 1. The van der Waals surface area contributed by atoms with Gasteiger partial charge in [0.05, 0.1) is 12.5 Å². The molecule has 2 aromatic rings. The molecular formula is C19H21FN4O4S. The van der Waals surface area contributed by atoms with Gasteiger partial charge in [-0.05, 0) is 44.0 Å². The minimum absolute atomic E-state index is 0.179. The monoisotopic (exact) mass is 420 g/mol. The fraction of sp³-hybridized carbons (Fsp3) is 0.368. The molecule has 8 nitrogen and oxygen atoms in total. The van der Waals surface area contributed by atoms with Crippen molar-refractivity contribution in [3.05, 3.63) is 41.2 Å². The number of carbonyl (C=O) groups is 3. The first-order valence-corrected chi connectivity index (χ1v) is 10.1. The summed E-state index contributed by atoms with van der Waals surface area (Å²) in [6.45, 7) is 3.02. The lowest BCUT2D eigenvalue weighted by molar-refractivity contribution is -0.149. The average molecular weight is 420 g/mol. The van der Waals surface area contributed by atoms with Gasteiger partial charge in [0.2, 0.25) is 0 Å². The van der Waals surface area contributed by atoms with Gasteiger partial charge in [-0.1, -0.05) is 0 Å². The van der Waals surface area contributed by atoms with Crippen molar-refractivity contribution < 1.29 is 23.5 Å². The lowest BCUT2D eigenvalue weighted by Gasteiger charge is -2.30. The highest BCUT2D eigenvalue weighted by molar-refractivity contribution is 7.14. The Balaban J connectivity index is 1.51. The summed E-state index contributed by atoms with van der Waals surface area (Å²) in [7, 11) is 0. The average Bonchev–Trinajstić information content (AvgIpc) is 3.18. The van der Waals surface area contributed by atoms with Crippen molar-refractivity contribution in [3.8, 4) is 0 Å². The van der Waals surface area contributed by atoms with Crippen molar-refractivity contribution >= 4 is 40.1 Å². The predicted octanol–water partition coefficient (Wildman–Crippen LogP) is 3.34. The molecule has 0 radical (unpaired) electrons. The summed E-state index contributed by atoms with van der Waals surface area (Å²) in [5, 5.41) is 6.96. The minimum Gasteiger partial charge on any atom is -0.466 e. The Kier molecular flexibility index (Phi) is 6.76. The first kappa shape index (κ1) is 20.7. The third-order valence-corrected chi connectivity index (χ3v) is 5.21. The fourth-order valence-corrected chi connectivity index (χ4v) is 3.64. The van der Waals surface area contributed by atoms with E-state index >= 15 is 0 Å². The van der Waals surface area contributed by atoms with E-state index in [-0.39, 0.29) is 28.6 Å². The third kappa shape index (κ3) is 5.50. The number of anilines is 2. The number of carbonyl (C=O) groups excluding carboxylic acids is 3. The van der Waals surface area contributed by atoms with E-state index in [0.717, 1.165) is 11.3 Å². The number of esters is 1. The van der Waals surface area contributed by atoms with Crippen LogP contribution in [0.3, 0.4) is 0 Å². The summed E-state index contributed by atoms with van der Waals surface area (Å²) < 4.78 is 17.9. The first-order valence-electron chi connectivity index (χ1n) is 9.21. The largest absolute Gasteiger partial charge is 0.466 e. The number of benzene rings is 1. The van der Waals surface area contributed by atoms with E-state index in [9.17, 15) is 18.8 Å². The van der Waals surface area contributed by atoms with Crippen LogP contribution in [0.4, 0.5) is 20.0 Å². The lowest BCUT2D eigenvalue weighted by Crippen LogP contribution is -2.40. The molecule has 1 fully saturated rings. The minimum atomic E-state index is -0.541. The Morgan fingerprint density at radius 3 is 2.55 bits per heavy atom. The molecule has 0 aliphatic carbocycles. The molecule has 1 aromatic carbocycles. The van der Waals surface area contributed by atoms with Gasteiger partial charge in [0.15, 0.2) is 5.13 Å². The number of urea groups is 1. The molecule has 1 saturated heterocycles. The van der Waals surface area contributed by atoms with Crippen molar-refractivity contribution in [2.24, 2.45) is 5.92 Å². The van der Waals surface area contributed by atoms with Gasteiger partial charge in [-0.15, -0.1) is 11.3 Å². The Hall–Kier alpha value is -3.01. The molecule has 1 aliphatic heterocycles. The SMILES string of the molecule is CCOC(=O)C1CCN(C(=O)c2csc(NC(=O)Nc3ccc(F)cc3)n2)CC1. The molecular weight excluding hydrogens is 399 g/mol. The zero-order valence-corrected chi connectivity index (χ0v) is 16.6. The molecule has 0 unspecified atom stereocenters. The number of ether oxygens (including phenoxy) is 1. The second kappa shape index (κ2) is 9.46. The normalized spacial score (nSPS) is 14.3. The number of hydrogen-bond acceptors (Lipinski definition) is 6. The molecule has 29 heavy (non-hydrogen) atoms. The molecule has 0 spiro atoms. The van der Waals surface area contributed by atoms with E-state index in [1.165, 1.54) is 24.3 Å². The van der Waals surface area contributed by atoms with Crippen LogP contribution in [0.2, 0.25) is 0 Å². The summed E-state index contributed by atoms with van der Waals surface area (Å²) in [6.07, 6.45) is 1.11. The number of rotatable bonds is 5. The van der Waals surface area contributed by atoms with Crippen LogP contribution >= 0.6 is 11.3 Å². The first-order chi connectivity index (χ1) is 14.0. The molecule has 2 heterocycles. The Bertz CT molecular complexity index is 879. The third-order valence-electron chi connectivity index (χ3n) is 4.45. The number of nitrogens with one attached hydrogen (secondary N) is 2. The quantitative estimate of drug-likeness (QED) is 0.723. The molecule has 1 aromatic heterocycles. The van der Waals surface area contributed by atoms with Gasteiger partial charge in [0.1, 0.15) is 11.5 Å². The van der Waals surface area contributed by atoms with E-state index in [2.05, 4.69) is 15.6 Å². The van der Waals surface area contributed by atoms with Crippen LogP contribution in [-0.4, -0.2) is 47.5 Å². The molecule has 0 saturated carbocycles. The van der Waals surface area contributed by atoms with Gasteiger partial charge in [0.25, 0.3) is 5.91 Å². The van der Waals surface area contributed by atoms with E-state index in [4.69, 9.17) is 4.74 Å². The van der Waals surface area contributed by atoms with Crippen molar-refractivity contribution in [2.45, 2.75) is 19.8 Å². The molecule has 3 amide bonds. The molecule has 0 bridgehead atoms. The van der Waals surface area contributed by atoms with Gasteiger partial charge >= 0.3 is 12.0 Å². The second-order valence-electron chi connectivity index (χ2n) is 6.44. The lowest BCUT2D eigenvalue weighted by atomic mass is 9.97. The fourth-order valence-electron chi connectivity index (χ4n) is 2.96. The molecule has 154 valence electrons. The molecule has 10 heteroatoms. The van der Waals surface area contributed by atoms with Crippen LogP contribution < -0.4 is 10.6 Å². The van der Waals surface area contributed by atoms with E-state index < -0.39 is 11.8 Å². The highest BCUT2D eigenvalue weighted by Crippen LogP contribution is 2.22. The summed E-state index contributed by atoms with van der Waals surface area (Å²) in [5.74, 6) is -1.03. The molecule has 1 aliphatic rings. The van der Waals surface area contributed by atoms with E-state index in [0.29, 0.717) is 38.2 Å². The molecule has 0 atom stereocenters. The maximum absolute atomic E-state index is 12.9. The van der Waals surface area contributed by atoms with Gasteiger partial charge in [-0.2, -0.15) is 0 Å². The van der Waals surface area contributed by atoms with Crippen molar-refractivity contribution in [3.63, 3.8) is 0 Å². The smallest absolute Gasteiger partial charge is 0.325 e. The van der Waals surface area contributed by atoms with Crippen LogP contribution in [0.15, 0.2) is 29.6 Å². The van der Waals surface area contributed by atoms with Crippen LogP contribution in [0.5, 0.6) is 0 Å². The standard InChI is InChI=1S/C19H21FN4O4S/c1-2-28-17(26)12-7-9-24(10-8-12)16(25)15-11-29-19(22-15)23-18(27)21-14-5-3-13(20)4-6-14/h3-6,11-12H,2,7-10H2,1H3,(H2,21,22,23,27). The Morgan fingerprint density at radius 2 is 1.90 bits per heavy atom. The van der Waals surface area contributed by atoms with E-state index in [1.807, 2.05) is 0 Å². The van der Waals surface area contributed by atoms with Crippen LogP contribution in [0.1, 0.15) is 30.3 Å². The molecule has 2 N–H and O–H groups in total. The Morgan fingerprint density at radius 1 is 1.21 bits per heavy atom. The number of aromatic nitrogens is 1. The summed E-state index contributed by atoms with van der Waals surface area (Å²) >= 11 is 1.13. The zero-order valence-electron chi connectivity index (χ0n) is 15.8. The van der Waals surface area contributed by atoms with Crippen molar-refractivity contribution in [2.75, 3.05) is 30.3 Å². The number of thiazole rings is 1. The number of hydrogen-bond donors (Lipinski definition) is 2. The highest BCUT2D eigenvalue weighted by atomic mass is 32.1. The maximum Gasteiger partial charge on any atom is 0.325 e. The van der Waals surface area contributed by atoms with E-state index in [1.54, 1.807) is 17.2 Å². The predicted molar refractivity (Wildman–Crippen MR) is 106 cm³/mol.